The number of esters is 4. The third-order valence-electron chi connectivity index (χ3n) is 18.6. The lowest BCUT2D eigenvalue weighted by atomic mass is 9.99. The highest BCUT2D eigenvalue weighted by molar-refractivity contribution is 7.47. The van der Waals surface area contributed by atoms with Crippen molar-refractivity contribution in [1.82, 2.24) is 0 Å². The molecule has 97 heavy (non-hydrogen) atoms. The first-order chi connectivity index (χ1) is 47.1. The molecule has 17 nitrogen and oxygen atoms in total. The van der Waals surface area contributed by atoms with Gasteiger partial charge in [0.1, 0.15) is 19.3 Å². The molecule has 0 aliphatic heterocycles. The van der Waals surface area contributed by atoms with Crippen LogP contribution in [0.3, 0.4) is 0 Å². The zero-order valence-corrected chi connectivity index (χ0v) is 65.0. The van der Waals surface area contributed by atoms with E-state index in [1.165, 1.54) is 238 Å². The molecule has 0 aromatic carbocycles. The first-order valence-electron chi connectivity index (χ1n) is 40.7. The molecule has 6 atom stereocenters. The summed E-state index contributed by atoms with van der Waals surface area (Å²) in [5.41, 5.74) is 0. The van der Waals surface area contributed by atoms with Crippen molar-refractivity contribution in [2.45, 2.75) is 432 Å². The number of unbranched alkanes of at least 4 members (excludes halogenated alkanes) is 49. The number of rotatable bonds is 78. The maximum atomic E-state index is 13.1. The van der Waals surface area contributed by atoms with E-state index >= 15 is 0 Å². The van der Waals surface area contributed by atoms with Gasteiger partial charge in [0, 0.05) is 25.7 Å². The van der Waals surface area contributed by atoms with E-state index in [1.807, 2.05) is 0 Å². The second-order valence-electron chi connectivity index (χ2n) is 28.3. The lowest BCUT2D eigenvalue weighted by Gasteiger charge is -2.21. The van der Waals surface area contributed by atoms with E-state index in [1.54, 1.807) is 0 Å². The number of phosphoric ester groups is 2. The molecule has 0 saturated carbocycles. The molecule has 0 aromatic rings. The van der Waals surface area contributed by atoms with Crippen LogP contribution in [-0.4, -0.2) is 96.7 Å². The van der Waals surface area contributed by atoms with E-state index in [2.05, 4.69) is 34.6 Å². The average molecular weight is 1420 g/mol. The Labute approximate surface area is 594 Å². The summed E-state index contributed by atoms with van der Waals surface area (Å²) in [5, 5.41) is 10.6. The summed E-state index contributed by atoms with van der Waals surface area (Å²) in [6.07, 6.45) is 60.8. The molecule has 19 heteroatoms. The van der Waals surface area contributed by atoms with Crippen LogP contribution >= 0.6 is 15.6 Å². The number of carbonyl (C=O) groups is 4. The second kappa shape index (κ2) is 71.1. The summed E-state index contributed by atoms with van der Waals surface area (Å²) in [6.45, 7) is 7.32. The number of aliphatic hydroxyl groups is 1. The Morgan fingerprint density at radius 1 is 0.289 bits per heavy atom. The monoisotopic (exact) mass is 1420 g/mol. The van der Waals surface area contributed by atoms with E-state index in [4.69, 9.17) is 37.0 Å². The molecule has 0 saturated heterocycles. The van der Waals surface area contributed by atoms with E-state index in [9.17, 15) is 43.2 Å². The lowest BCUT2D eigenvalue weighted by Crippen LogP contribution is -2.30. The van der Waals surface area contributed by atoms with Gasteiger partial charge in [0.05, 0.1) is 26.4 Å². The number of hydrogen-bond donors (Lipinski definition) is 3. The van der Waals surface area contributed by atoms with Gasteiger partial charge in [0.2, 0.25) is 0 Å². The smallest absolute Gasteiger partial charge is 0.462 e. The molecular formula is C78H152O17P2. The lowest BCUT2D eigenvalue weighted by molar-refractivity contribution is -0.161. The topological polar surface area (TPSA) is 237 Å². The third-order valence-corrected chi connectivity index (χ3v) is 20.5. The molecule has 0 aliphatic rings. The van der Waals surface area contributed by atoms with Crippen LogP contribution in [0.4, 0.5) is 0 Å². The summed E-state index contributed by atoms with van der Waals surface area (Å²) >= 11 is 0. The van der Waals surface area contributed by atoms with Crippen molar-refractivity contribution < 1.29 is 80.2 Å². The predicted molar refractivity (Wildman–Crippen MR) is 395 cm³/mol. The summed E-state index contributed by atoms with van der Waals surface area (Å²) in [7, 11) is -9.91. The number of carbonyl (C=O) groups excluding carboxylic acids is 4. The molecule has 0 bridgehead atoms. The quantitative estimate of drug-likeness (QED) is 0.0222. The number of hydrogen-bond acceptors (Lipinski definition) is 15. The molecule has 0 fully saturated rings. The van der Waals surface area contributed by atoms with E-state index in [0.29, 0.717) is 25.7 Å². The fourth-order valence-corrected chi connectivity index (χ4v) is 13.6. The molecule has 576 valence electrons. The second-order valence-corrected chi connectivity index (χ2v) is 31.3. The van der Waals surface area contributed by atoms with Gasteiger partial charge in [-0.1, -0.05) is 362 Å². The van der Waals surface area contributed by atoms with Crippen LogP contribution in [0.2, 0.25) is 0 Å². The van der Waals surface area contributed by atoms with Gasteiger partial charge in [-0.3, -0.25) is 37.3 Å². The maximum absolute atomic E-state index is 13.1. The zero-order chi connectivity index (χ0) is 71.2. The summed E-state index contributed by atoms with van der Waals surface area (Å²) < 4.78 is 68.7. The van der Waals surface area contributed by atoms with Gasteiger partial charge in [-0.2, -0.15) is 0 Å². The Kier molecular flexibility index (Phi) is 69.6. The Balaban J connectivity index is 5.26. The van der Waals surface area contributed by atoms with E-state index < -0.39 is 97.5 Å². The van der Waals surface area contributed by atoms with Gasteiger partial charge >= 0.3 is 39.5 Å². The minimum Gasteiger partial charge on any atom is -0.462 e. The number of aliphatic hydroxyl groups excluding tert-OH is 1. The van der Waals surface area contributed by atoms with Crippen molar-refractivity contribution in [3.63, 3.8) is 0 Å². The largest absolute Gasteiger partial charge is 0.472 e. The minimum absolute atomic E-state index is 0.108. The van der Waals surface area contributed by atoms with Gasteiger partial charge in [-0.05, 0) is 31.6 Å². The number of phosphoric acid groups is 2. The van der Waals surface area contributed by atoms with Crippen LogP contribution in [0.15, 0.2) is 0 Å². The standard InChI is InChI=1S/C78H152O17P2/c1-6-10-13-16-19-22-25-28-31-32-33-36-39-42-49-54-59-64-78(83)94-73(67-88-75(80)61-56-51-46-40-37-34-29-26-23-20-17-14-11-7-2)69-92-96(84,85)90-65-72(79)66-91-97(86,87)93-70-74(68-89-76(81)62-57-52-47-44-43-45-50-55-60-71(5)9-4)95-77(82)63-58-53-48-41-38-35-30-27-24-21-18-15-12-8-3/h71-74,79H,6-70H2,1-5H3,(H,84,85)(H,86,87)/t71?,72-,73-,74-/m1/s1. The van der Waals surface area contributed by atoms with Gasteiger partial charge in [0.25, 0.3) is 0 Å². The van der Waals surface area contributed by atoms with Crippen LogP contribution in [0.25, 0.3) is 0 Å². The summed E-state index contributed by atoms with van der Waals surface area (Å²) in [6, 6.07) is 0. The van der Waals surface area contributed by atoms with Crippen molar-refractivity contribution in [1.29, 1.82) is 0 Å². The Morgan fingerprint density at radius 2 is 0.495 bits per heavy atom. The number of ether oxygens (including phenoxy) is 4. The Morgan fingerprint density at radius 3 is 0.732 bits per heavy atom. The first-order valence-corrected chi connectivity index (χ1v) is 43.7. The molecule has 0 rings (SSSR count). The van der Waals surface area contributed by atoms with E-state index in [0.717, 1.165) is 95.8 Å². The van der Waals surface area contributed by atoms with Crippen LogP contribution in [-0.2, 0) is 65.4 Å². The molecule has 0 spiro atoms. The van der Waals surface area contributed by atoms with Crippen molar-refractivity contribution in [3.8, 4) is 0 Å². The highest BCUT2D eigenvalue weighted by Gasteiger charge is 2.30. The molecule has 0 aliphatic carbocycles. The summed E-state index contributed by atoms with van der Waals surface area (Å²) in [4.78, 5) is 72.9. The first kappa shape index (κ1) is 95.1. The van der Waals surface area contributed by atoms with Gasteiger partial charge in [0.15, 0.2) is 12.2 Å². The van der Waals surface area contributed by atoms with Crippen molar-refractivity contribution in [2.75, 3.05) is 39.6 Å². The molecular weight excluding hydrogens is 1270 g/mol. The molecule has 3 N–H and O–H groups in total. The normalized spacial score (nSPS) is 14.2. The average Bonchev–Trinajstić information content (AvgIpc) is 1.31. The Hall–Kier alpha value is -1.94. The third kappa shape index (κ3) is 70.9. The van der Waals surface area contributed by atoms with E-state index in [-0.39, 0.29) is 25.7 Å². The maximum Gasteiger partial charge on any atom is 0.472 e. The summed E-state index contributed by atoms with van der Waals surface area (Å²) in [5.74, 6) is -1.33. The zero-order valence-electron chi connectivity index (χ0n) is 63.2. The van der Waals surface area contributed by atoms with Crippen molar-refractivity contribution in [2.24, 2.45) is 5.92 Å². The fraction of sp³-hybridized carbons (Fsp3) is 0.949. The van der Waals surface area contributed by atoms with Gasteiger partial charge in [-0.15, -0.1) is 0 Å². The van der Waals surface area contributed by atoms with Crippen molar-refractivity contribution in [3.05, 3.63) is 0 Å². The minimum atomic E-state index is -4.96. The molecule has 0 heterocycles. The van der Waals surface area contributed by atoms with Crippen LogP contribution in [0.5, 0.6) is 0 Å². The molecule has 0 aromatic heterocycles. The predicted octanol–water partition coefficient (Wildman–Crippen LogP) is 23.3. The van der Waals surface area contributed by atoms with Crippen LogP contribution in [0.1, 0.15) is 413 Å². The highest BCUT2D eigenvalue weighted by Crippen LogP contribution is 2.45. The highest BCUT2D eigenvalue weighted by atomic mass is 31.2. The van der Waals surface area contributed by atoms with Crippen molar-refractivity contribution >= 4 is 39.5 Å². The molecule has 3 unspecified atom stereocenters. The fourth-order valence-electron chi connectivity index (χ4n) is 12.0. The SMILES string of the molecule is CCCCCCCCCCCCCCCCCCCC(=O)O[C@H](COC(=O)CCCCCCCCCCCCCCCC)COP(=O)(O)OC[C@@H](O)COP(=O)(O)OC[C@@H](COC(=O)CCCCCCCCCCC(C)CC)OC(=O)CCCCCCCCCCCCCCCC. The molecule has 0 radical (unpaired) electrons. The van der Waals surface area contributed by atoms with Crippen LogP contribution in [0, 0.1) is 5.92 Å². The van der Waals surface area contributed by atoms with Crippen LogP contribution < -0.4 is 0 Å². The van der Waals surface area contributed by atoms with Gasteiger partial charge in [-0.25, -0.2) is 9.13 Å². The van der Waals surface area contributed by atoms with Gasteiger partial charge < -0.3 is 33.8 Å². The molecule has 0 amide bonds. The Bertz CT molecular complexity index is 1860.